The monoisotopic (exact) mass is 312 g/mol. The first-order valence-electron chi connectivity index (χ1n) is 8.36. The van der Waals surface area contributed by atoms with Crippen LogP contribution in [0.5, 0.6) is 0 Å². The molecule has 0 aliphatic carbocycles. The lowest BCUT2D eigenvalue weighted by Crippen LogP contribution is -2.48. The van der Waals surface area contributed by atoms with E-state index in [2.05, 4.69) is 4.90 Å². The Labute approximate surface area is 132 Å². The molecular formula is C16H28N2O4. The molecule has 2 aliphatic rings. The Morgan fingerprint density at radius 1 is 1.32 bits per heavy atom. The molecule has 22 heavy (non-hydrogen) atoms. The molecule has 1 unspecified atom stereocenters. The Bertz CT molecular complexity index is 382. The maximum absolute atomic E-state index is 12.6. The third-order valence-corrected chi connectivity index (χ3v) is 4.84. The molecule has 6 nitrogen and oxygen atoms in total. The largest absolute Gasteiger partial charge is 0.480 e. The average Bonchev–Trinajstić information content (AvgIpc) is 2.68. The van der Waals surface area contributed by atoms with Crippen LogP contribution in [-0.4, -0.2) is 72.7 Å². The third kappa shape index (κ3) is 4.95. The highest BCUT2D eigenvalue weighted by Gasteiger charge is 2.31. The number of carboxylic acids is 1. The second kappa shape index (κ2) is 8.48. The van der Waals surface area contributed by atoms with Crippen molar-refractivity contribution in [2.45, 2.75) is 44.6 Å². The van der Waals surface area contributed by atoms with Gasteiger partial charge in [-0.3, -0.25) is 14.5 Å². The molecule has 2 rings (SSSR count). The van der Waals surface area contributed by atoms with Crippen molar-refractivity contribution in [2.75, 3.05) is 39.9 Å². The molecule has 1 amide bonds. The molecule has 0 spiro atoms. The number of hydrogen-bond donors (Lipinski definition) is 1. The van der Waals surface area contributed by atoms with Gasteiger partial charge in [-0.2, -0.15) is 0 Å². The minimum absolute atomic E-state index is 0.0191. The van der Waals surface area contributed by atoms with E-state index >= 15 is 0 Å². The fourth-order valence-electron chi connectivity index (χ4n) is 3.39. The molecule has 2 aliphatic heterocycles. The van der Waals surface area contributed by atoms with Crippen LogP contribution in [0.4, 0.5) is 0 Å². The lowest BCUT2D eigenvalue weighted by molar-refractivity contribution is -0.146. The van der Waals surface area contributed by atoms with Gasteiger partial charge in [-0.15, -0.1) is 0 Å². The summed E-state index contributed by atoms with van der Waals surface area (Å²) in [5, 5.41) is 8.95. The van der Waals surface area contributed by atoms with Crippen LogP contribution in [0, 0.1) is 5.92 Å². The van der Waals surface area contributed by atoms with Crippen molar-refractivity contribution in [1.82, 2.24) is 9.80 Å². The Kier molecular flexibility index (Phi) is 6.64. The van der Waals surface area contributed by atoms with Gasteiger partial charge in [0.1, 0.15) is 6.54 Å². The Morgan fingerprint density at radius 3 is 2.73 bits per heavy atom. The number of amides is 1. The zero-order valence-electron chi connectivity index (χ0n) is 13.5. The lowest BCUT2D eigenvalue weighted by Gasteiger charge is -2.31. The first kappa shape index (κ1) is 17.2. The van der Waals surface area contributed by atoms with Crippen molar-refractivity contribution >= 4 is 11.9 Å². The zero-order valence-corrected chi connectivity index (χ0v) is 13.5. The van der Waals surface area contributed by atoms with Gasteiger partial charge in [0.2, 0.25) is 5.91 Å². The van der Waals surface area contributed by atoms with E-state index in [1.807, 2.05) is 7.05 Å². The van der Waals surface area contributed by atoms with Gasteiger partial charge in [-0.25, -0.2) is 0 Å². The summed E-state index contributed by atoms with van der Waals surface area (Å²) in [5.41, 5.74) is 0. The summed E-state index contributed by atoms with van der Waals surface area (Å²) in [6, 6.07) is -0.165. The van der Waals surface area contributed by atoms with Gasteiger partial charge in [0.05, 0.1) is 6.04 Å². The number of nitrogens with zero attached hydrogens (tertiary/aromatic N) is 2. The van der Waals surface area contributed by atoms with Gasteiger partial charge in [0.15, 0.2) is 0 Å². The minimum Gasteiger partial charge on any atom is -0.480 e. The van der Waals surface area contributed by atoms with E-state index in [0.29, 0.717) is 12.5 Å². The van der Waals surface area contributed by atoms with Crippen LogP contribution in [0.15, 0.2) is 0 Å². The lowest BCUT2D eigenvalue weighted by atomic mass is 9.96. The van der Waals surface area contributed by atoms with Crippen molar-refractivity contribution in [3.05, 3.63) is 0 Å². The quantitative estimate of drug-likeness (QED) is 0.798. The number of aliphatic carboxylic acids is 1. The molecule has 0 aromatic heterocycles. The number of rotatable bonds is 6. The zero-order chi connectivity index (χ0) is 15.9. The number of ether oxygens (including phenoxy) is 1. The van der Waals surface area contributed by atoms with Gasteiger partial charge < -0.3 is 14.7 Å². The highest BCUT2D eigenvalue weighted by molar-refractivity contribution is 5.85. The number of likely N-dealkylation sites (N-methyl/N-ethyl adjacent to an activating group) is 1. The topological polar surface area (TPSA) is 70.1 Å². The smallest absolute Gasteiger partial charge is 0.323 e. The maximum Gasteiger partial charge on any atom is 0.323 e. The molecule has 2 heterocycles. The summed E-state index contributed by atoms with van der Waals surface area (Å²) in [6.45, 7) is 2.98. The van der Waals surface area contributed by atoms with Crippen LogP contribution >= 0.6 is 0 Å². The summed E-state index contributed by atoms with van der Waals surface area (Å²) in [6.07, 6.45) is 6.01. The third-order valence-electron chi connectivity index (χ3n) is 4.84. The Balaban J connectivity index is 1.86. The van der Waals surface area contributed by atoms with E-state index in [4.69, 9.17) is 9.84 Å². The van der Waals surface area contributed by atoms with E-state index in [0.717, 1.165) is 58.3 Å². The molecule has 126 valence electrons. The van der Waals surface area contributed by atoms with E-state index in [1.165, 1.54) is 4.90 Å². The SMILES string of the molecule is CN(CCC1CCOCC1)C1CCCCN(CC(=O)O)C1=O. The summed E-state index contributed by atoms with van der Waals surface area (Å²) in [7, 11) is 1.99. The fraction of sp³-hybridized carbons (Fsp3) is 0.875. The molecule has 0 aromatic carbocycles. The number of likely N-dealkylation sites (tertiary alicyclic amines) is 1. The maximum atomic E-state index is 12.6. The first-order chi connectivity index (χ1) is 10.6. The van der Waals surface area contributed by atoms with E-state index in [9.17, 15) is 9.59 Å². The Morgan fingerprint density at radius 2 is 2.05 bits per heavy atom. The summed E-state index contributed by atoms with van der Waals surface area (Å²) in [4.78, 5) is 27.1. The van der Waals surface area contributed by atoms with Gasteiger partial charge in [0, 0.05) is 19.8 Å². The highest BCUT2D eigenvalue weighted by atomic mass is 16.5. The van der Waals surface area contributed by atoms with Gasteiger partial charge >= 0.3 is 5.97 Å². The molecule has 1 N–H and O–H groups in total. The molecular weight excluding hydrogens is 284 g/mol. The minimum atomic E-state index is -0.932. The highest BCUT2D eigenvalue weighted by Crippen LogP contribution is 2.21. The second-order valence-corrected chi connectivity index (χ2v) is 6.49. The fourth-order valence-corrected chi connectivity index (χ4v) is 3.39. The summed E-state index contributed by atoms with van der Waals surface area (Å²) >= 11 is 0. The van der Waals surface area contributed by atoms with Crippen LogP contribution < -0.4 is 0 Å². The molecule has 0 saturated carbocycles. The molecule has 2 fully saturated rings. The van der Waals surface area contributed by atoms with E-state index in [-0.39, 0.29) is 18.5 Å². The first-order valence-corrected chi connectivity index (χ1v) is 8.36. The van der Waals surface area contributed by atoms with Crippen molar-refractivity contribution < 1.29 is 19.4 Å². The summed E-state index contributed by atoms with van der Waals surface area (Å²) < 4.78 is 5.38. The van der Waals surface area contributed by atoms with Gasteiger partial charge in [-0.05, 0) is 58.0 Å². The van der Waals surface area contributed by atoms with Crippen LogP contribution in [-0.2, 0) is 14.3 Å². The Hall–Kier alpha value is -1.14. The second-order valence-electron chi connectivity index (χ2n) is 6.49. The van der Waals surface area contributed by atoms with Gasteiger partial charge in [-0.1, -0.05) is 0 Å². The number of carbonyl (C=O) groups is 2. The number of hydrogen-bond acceptors (Lipinski definition) is 4. The number of carboxylic acid groups (broad SMARTS) is 1. The summed E-state index contributed by atoms with van der Waals surface area (Å²) in [5.74, 6) is -0.263. The van der Waals surface area contributed by atoms with Crippen molar-refractivity contribution in [2.24, 2.45) is 5.92 Å². The van der Waals surface area contributed by atoms with Crippen LogP contribution in [0.1, 0.15) is 38.5 Å². The van der Waals surface area contributed by atoms with E-state index < -0.39 is 5.97 Å². The number of carbonyl (C=O) groups excluding carboxylic acids is 1. The standard InChI is InChI=1S/C16H28N2O4/c1-17(9-5-13-6-10-22-11-7-13)14-4-2-3-8-18(16(14)21)12-15(19)20/h13-14H,2-12H2,1H3,(H,19,20). The predicted molar refractivity (Wildman–Crippen MR) is 82.6 cm³/mol. The average molecular weight is 312 g/mol. The molecule has 1 atom stereocenters. The van der Waals surface area contributed by atoms with Crippen molar-refractivity contribution in [1.29, 1.82) is 0 Å². The van der Waals surface area contributed by atoms with Crippen molar-refractivity contribution in [3.8, 4) is 0 Å². The van der Waals surface area contributed by atoms with Crippen molar-refractivity contribution in [3.63, 3.8) is 0 Å². The predicted octanol–water partition coefficient (Wildman–Crippen LogP) is 1.20. The van der Waals surface area contributed by atoms with Crippen LogP contribution in [0.3, 0.4) is 0 Å². The van der Waals surface area contributed by atoms with Crippen LogP contribution in [0.2, 0.25) is 0 Å². The van der Waals surface area contributed by atoms with Crippen LogP contribution in [0.25, 0.3) is 0 Å². The van der Waals surface area contributed by atoms with Gasteiger partial charge in [0.25, 0.3) is 0 Å². The molecule has 0 aromatic rings. The molecule has 2 saturated heterocycles. The molecule has 6 heteroatoms. The molecule has 0 bridgehead atoms. The van der Waals surface area contributed by atoms with E-state index in [1.54, 1.807) is 0 Å². The normalized spacial score (nSPS) is 24.5. The molecule has 0 radical (unpaired) electrons.